The average molecular weight is 554 g/mol. The molecule has 10 heteroatoms. The number of carbonyl (C=O) groups is 3. The highest BCUT2D eigenvalue weighted by atomic mass is 79.9. The Balaban J connectivity index is 1.58. The predicted octanol–water partition coefficient (Wildman–Crippen LogP) is 3.87. The predicted molar refractivity (Wildman–Crippen MR) is 138 cm³/mol. The Morgan fingerprint density at radius 1 is 0.889 bits per heavy atom. The summed E-state index contributed by atoms with van der Waals surface area (Å²) in [6.45, 7) is 1.62. The van der Waals surface area contributed by atoms with Crippen LogP contribution in [0.25, 0.3) is 0 Å². The number of nitrogens with zero attached hydrogens (tertiary/aromatic N) is 1. The van der Waals surface area contributed by atoms with E-state index in [4.69, 9.17) is 14.2 Å². The number of nitrogens with one attached hydrogen (secondary N) is 2. The number of benzene rings is 3. The van der Waals surface area contributed by atoms with Crippen LogP contribution in [0, 0.1) is 6.92 Å². The van der Waals surface area contributed by atoms with Gasteiger partial charge in [-0.15, -0.1) is 0 Å². The fourth-order valence-corrected chi connectivity index (χ4v) is 3.39. The molecule has 0 bridgehead atoms. The van der Waals surface area contributed by atoms with Crippen molar-refractivity contribution in [3.63, 3.8) is 0 Å². The molecule has 186 valence electrons. The van der Waals surface area contributed by atoms with Gasteiger partial charge in [-0.25, -0.2) is 10.2 Å². The molecule has 0 aliphatic heterocycles. The third-order valence-electron chi connectivity index (χ3n) is 4.91. The second-order valence-electron chi connectivity index (χ2n) is 7.48. The first-order valence-corrected chi connectivity index (χ1v) is 11.5. The molecule has 9 nitrogen and oxygen atoms in total. The van der Waals surface area contributed by atoms with Crippen LogP contribution in [0.2, 0.25) is 0 Å². The number of amides is 2. The minimum Gasteiger partial charge on any atom is -0.493 e. The molecule has 0 aliphatic rings. The maximum absolute atomic E-state index is 12.5. The Kier molecular flexibility index (Phi) is 9.18. The van der Waals surface area contributed by atoms with Crippen LogP contribution in [0.4, 0.5) is 0 Å². The summed E-state index contributed by atoms with van der Waals surface area (Å²) in [5.41, 5.74) is 4.53. The van der Waals surface area contributed by atoms with Crippen molar-refractivity contribution < 1.29 is 28.6 Å². The summed E-state index contributed by atoms with van der Waals surface area (Å²) in [5, 5.41) is 6.42. The molecule has 0 unspecified atom stereocenters. The van der Waals surface area contributed by atoms with Gasteiger partial charge in [-0.1, -0.05) is 33.6 Å². The van der Waals surface area contributed by atoms with Gasteiger partial charge in [0.2, 0.25) is 0 Å². The highest BCUT2D eigenvalue weighted by Crippen LogP contribution is 2.27. The minimum atomic E-state index is -0.548. The Morgan fingerprint density at radius 3 is 2.25 bits per heavy atom. The Hall–Kier alpha value is -4.18. The first-order chi connectivity index (χ1) is 17.3. The van der Waals surface area contributed by atoms with E-state index in [1.54, 1.807) is 42.5 Å². The van der Waals surface area contributed by atoms with Crippen molar-refractivity contribution in [1.82, 2.24) is 10.7 Å². The van der Waals surface area contributed by atoms with Gasteiger partial charge in [0.05, 0.1) is 32.5 Å². The zero-order chi connectivity index (χ0) is 26.1. The molecule has 3 aromatic rings. The maximum atomic E-state index is 12.5. The number of rotatable bonds is 9. The molecular formula is C26H24BrN3O6. The molecule has 0 saturated heterocycles. The number of ether oxygens (including phenoxy) is 3. The lowest BCUT2D eigenvalue weighted by Gasteiger charge is -2.10. The van der Waals surface area contributed by atoms with Crippen LogP contribution in [0.3, 0.4) is 0 Å². The van der Waals surface area contributed by atoms with E-state index < -0.39 is 17.8 Å². The van der Waals surface area contributed by atoms with Gasteiger partial charge in [0.1, 0.15) is 5.75 Å². The number of esters is 1. The van der Waals surface area contributed by atoms with Gasteiger partial charge in [0, 0.05) is 15.6 Å². The fourth-order valence-electron chi connectivity index (χ4n) is 3.02. The molecule has 0 atom stereocenters. The van der Waals surface area contributed by atoms with Gasteiger partial charge < -0.3 is 19.5 Å². The highest BCUT2D eigenvalue weighted by molar-refractivity contribution is 9.10. The number of carbonyl (C=O) groups excluding carboxylic acids is 3. The summed E-state index contributed by atoms with van der Waals surface area (Å²) in [4.78, 5) is 37.0. The van der Waals surface area contributed by atoms with Gasteiger partial charge in [-0.2, -0.15) is 5.10 Å². The summed E-state index contributed by atoms with van der Waals surface area (Å²) < 4.78 is 16.6. The van der Waals surface area contributed by atoms with Crippen LogP contribution in [-0.4, -0.2) is 44.8 Å². The van der Waals surface area contributed by atoms with Gasteiger partial charge in [-0.3, -0.25) is 9.59 Å². The van der Waals surface area contributed by atoms with E-state index in [2.05, 4.69) is 31.8 Å². The molecular weight excluding hydrogens is 530 g/mol. The zero-order valence-corrected chi connectivity index (χ0v) is 21.4. The quantitative estimate of drug-likeness (QED) is 0.180. The summed E-state index contributed by atoms with van der Waals surface area (Å²) >= 11 is 3.36. The molecule has 2 N–H and O–H groups in total. The van der Waals surface area contributed by atoms with E-state index in [0.29, 0.717) is 28.2 Å². The second kappa shape index (κ2) is 12.5. The molecule has 0 spiro atoms. The highest BCUT2D eigenvalue weighted by Gasteiger charge is 2.13. The number of halogens is 1. The van der Waals surface area contributed by atoms with Crippen molar-refractivity contribution in [3.05, 3.63) is 87.4 Å². The van der Waals surface area contributed by atoms with E-state index in [1.807, 2.05) is 19.1 Å². The number of methoxy groups -OCH3 is 2. The molecule has 2 amide bonds. The van der Waals surface area contributed by atoms with E-state index >= 15 is 0 Å². The minimum absolute atomic E-state index is 0.267. The van der Waals surface area contributed by atoms with Crippen LogP contribution >= 0.6 is 15.9 Å². The second-order valence-corrected chi connectivity index (χ2v) is 8.40. The van der Waals surface area contributed by atoms with Crippen LogP contribution in [0.15, 0.2) is 70.2 Å². The summed E-state index contributed by atoms with van der Waals surface area (Å²) in [5.74, 6) is -0.386. The Morgan fingerprint density at radius 2 is 1.56 bits per heavy atom. The summed E-state index contributed by atoms with van der Waals surface area (Å²) in [6, 6.07) is 16.7. The van der Waals surface area contributed by atoms with Crippen molar-refractivity contribution in [1.29, 1.82) is 0 Å². The molecule has 0 saturated carbocycles. The van der Waals surface area contributed by atoms with Gasteiger partial charge in [0.25, 0.3) is 11.8 Å². The molecule has 3 aromatic carbocycles. The lowest BCUT2D eigenvalue weighted by molar-refractivity contribution is -0.120. The van der Waals surface area contributed by atoms with Crippen molar-refractivity contribution in [2.45, 2.75) is 6.92 Å². The lowest BCUT2D eigenvalue weighted by atomic mass is 10.1. The first-order valence-electron chi connectivity index (χ1n) is 10.7. The maximum Gasteiger partial charge on any atom is 0.343 e. The largest absolute Gasteiger partial charge is 0.493 e. The van der Waals surface area contributed by atoms with Crippen molar-refractivity contribution >= 4 is 39.9 Å². The van der Waals surface area contributed by atoms with Crippen molar-refractivity contribution in [3.8, 4) is 17.2 Å². The standard InChI is InChI=1S/C26H24BrN3O6/c1-16-4-6-17(7-5-16)26(33)36-21-11-9-20(27)12-19(21)14-29-30-24(31)15-28-25(32)18-8-10-22(34-2)23(13-18)35-3/h4-14H,15H2,1-3H3,(H,28,32)(H,30,31)/b29-14+. The Bertz CT molecular complexity index is 1290. The third-order valence-corrected chi connectivity index (χ3v) is 5.40. The fraction of sp³-hybridized carbons (Fsp3) is 0.154. The zero-order valence-electron chi connectivity index (χ0n) is 19.8. The molecule has 0 radical (unpaired) electrons. The van der Waals surface area contributed by atoms with E-state index in [1.165, 1.54) is 26.5 Å². The van der Waals surface area contributed by atoms with Crippen LogP contribution in [0.5, 0.6) is 17.2 Å². The van der Waals surface area contributed by atoms with Crippen molar-refractivity contribution in [2.24, 2.45) is 5.10 Å². The van der Waals surface area contributed by atoms with Gasteiger partial charge in [0.15, 0.2) is 11.5 Å². The van der Waals surface area contributed by atoms with E-state index in [0.717, 1.165) is 10.0 Å². The van der Waals surface area contributed by atoms with Crippen molar-refractivity contribution in [2.75, 3.05) is 20.8 Å². The molecule has 3 rings (SSSR count). The van der Waals surface area contributed by atoms with Gasteiger partial charge >= 0.3 is 5.97 Å². The smallest absolute Gasteiger partial charge is 0.343 e. The number of aryl methyl sites for hydroxylation is 1. The normalized spacial score (nSPS) is 10.6. The molecule has 0 fully saturated rings. The summed E-state index contributed by atoms with van der Waals surface area (Å²) in [6.07, 6.45) is 1.34. The number of hydrogen-bond acceptors (Lipinski definition) is 7. The van der Waals surface area contributed by atoms with Gasteiger partial charge in [-0.05, 0) is 55.5 Å². The molecule has 36 heavy (non-hydrogen) atoms. The van der Waals surface area contributed by atoms with E-state index in [-0.39, 0.29) is 12.3 Å². The molecule has 0 aliphatic carbocycles. The van der Waals surface area contributed by atoms with Crippen LogP contribution in [-0.2, 0) is 4.79 Å². The van der Waals surface area contributed by atoms with Crippen LogP contribution < -0.4 is 25.0 Å². The molecule has 0 heterocycles. The van der Waals surface area contributed by atoms with Crippen LogP contribution in [0.1, 0.15) is 31.8 Å². The topological polar surface area (TPSA) is 115 Å². The monoisotopic (exact) mass is 553 g/mol. The number of hydrazone groups is 1. The van der Waals surface area contributed by atoms with E-state index in [9.17, 15) is 14.4 Å². The molecule has 0 aromatic heterocycles. The third kappa shape index (κ3) is 7.16. The number of hydrogen-bond donors (Lipinski definition) is 2. The Labute approximate surface area is 216 Å². The summed E-state index contributed by atoms with van der Waals surface area (Å²) in [7, 11) is 2.96. The lowest BCUT2D eigenvalue weighted by Crippen LogP contribution is -2.34. The first kappa shape index (κ1) is 26.4. The average Bonchev–Trinajstić information content (AvgIpc) is 2.88. The SMILES string of the molecule is COc1ccc(C(=O)NCC(=O)N/N=C/c2cc(Br)ccc2OC(=O)c2ccc(C)cc2)cc1OC.